The molecule has 6 rings (SSSR count). The SMILES string of the molecule is Cc1c(-c2c3ccc(C4CCCC4)cc3cc[n+]2C)cc(C2CCCC2)cc1C1CCCC1. The summed E-state index contributed by atoms with van der Waals surface area (Å²) in [4.78, 5) is 0. The van der Waals surface area contributed by atoms with Crippen molar-refractivity contribution < 1.29 is 4.57 Å². The molecule has 0 bridgehead atoms. The van der Waals surface area contributed by atoms with E-state index < -0.39 is 0 Å². The Morgan fingerprint density at radius 2 is 1.27 bits per heavy atom. The molecular weight excluding hydrogens is 398 g/mol. The van der Waals surface area contributed by atoms with Gasteiger partial charge >= 0.3 is 0 Å². The summed E-state index contributed by atoms with van der Waals surface area (Å²) in [6, 6.07) is 14.9. The van der Waals surface area contributed by atoms with Gasteiger partial charge in [-0.25, -0.2) is 4.57 Å². The fourth-order valence-electron chi connectivity index (χ4n) is 7.40. The molecule has 33 heavy (non-hydrogen) atoms. The standard InChI is InChI=1S/C32H40N/c1-22-30(25-13-7-8-14-25)20-28(24-11-5-6-12-24)21-31(22)32-29-16-15-26(23-9-3-4-10-23)19-27(29)17-18-33(32)2/h15-21,23-25H,3-14H2,1-2H3/q+1. The summed E-state index contributed by atoms with van der Waals surface area (Å²) in [5.41, 5.74) is 9.28. The van der Waals surface area contributed by atoms with Crippen LogP contribution >= 0.6 is 0 Å². The maximum Gasteiger partial charge on any atom is 0.220 e. The molecule has 3 aliphatic rings. The van der Waals surface area contributed by atoms with E-state index in [1.807, 2.05) is 0 Å². The highest BCUT2D eigenvalue weighted by Gasteiger charge is 2.28. The Hall–Kier alpha value is -2.15. The second-order valence-electron chi connectivity index (χ2n) is 11.3. The van der Waals surface area contributed by atoms with Crippen molar-refractivity contribution in [3.05, 3.63) is 64.8 Å². The number of fused-ring (bicyclic) bond motifs is 1. The van der Waals surface area contributed by atoms with Crippen LogP contribution in [0.25, 0.3) is 22.0 Å². The quantitative estimate of drug-likeness (QED) is 0.359. The average Bonchev–Trinajstić information content (AvgIpc) is 3.63. The van der Waals surface area contributed by atoms with Gasteiger partial charge in [-0.2, -0.15) is 0 Å². The van der Waals surface area contributed by atoms with Crippen molar-refractivity contribution in [3.63, 3.8) is 0 Å². The van der Waals surface area contributed by atoms with E-state index in [0.717, 1.165) is 17.8 Å². The molecule has 0 radical (unpaired) electrons. The number of hydrogen-bond acceptors (Lipinski definition) is 0. The molecule has 3 fully saturated rings. The molecule has 0 N–H and O–H groups in total. The van der Waals surface area contributed by atoms with Crippen LogP contribution in [0.15, 0.2) is 42.6 Å². The second-order valence-corrected chi connectivity index (χ2v) is 11.3. The van der Waals surface area contributed by atoms with Crippen molar-refractivity contribution >= 4 is 10.8 Å². The van der Waals surface area contributed by atoms with Crippen molar-refractivity contribution in [3.8, 4) is 11.3 Å². The fourth-order valence-corrected chi connectivity index (χ4v) is 7.40. The van der Waals surface area contributed by atoms with Crippen LogP contribution in [0.3, 0.4) is 0 Å². The number of pyridine rings is 1. The van der Waals surface area contributed by atoms with Gasteiger partial charge in [0.2, 0.25) is 5.69 Å². The zero-order chi connectivity index (χ0) is 22.4. The zero-order valence-corrected chi connectivity index (χ0v) is 20.7. The lowest BCUT2D eigenvalue weighted by molar-refractivity contribution is -0.659. The molecule has 0 spiro atoms. The van der Waals surface area contributed by atoms with Crippen LogP contribution in [0.2, 0.25) is 0 Å². The molecule has 0 atom stereocenters. The first-order valence-corrected chi connectivity index (χ1v) is 13.8. The lowest BCUT2D eigenvalue weighted by Gasteiger charge is -2.21. The van der Waals surface area contributed by atoms with E-state index in [1.165, 1.54) is 105 Å². The van der Waals surface area contributed by atoms with Crippen molar-refractivity contribution in [2.24, 2.45) is 7.05 Å². The first-order chi connectivity index (χ1) is 16.2. The Kier molecular flexibility index (Phi) is 5.76. The molecule has 3 aromatic rings. The highest BCUT2D eigenvalue weighted by atomic mass is 14.9. The van der Waals surface area contributed by atoms with Gasteiger partial charge in [0.15, 0.2) is 6.20 Å². The lowest BCUT2D eigenvalue weighted by atomic mass is 9.83. The number of hydrogen-bond donors (Lipinski definition) is 0. The van der Waals surface area contributed by atoms with E-state index in [-0.39, 0.29) is 0 Å². The molecule has 3 saturated carbocycles. The summed E-state index contributed by atoms with van der Waals surface area (Å²) >= 11 is 0. The summed E-state index contributed by atoms with van der Waals surface area (Å²) in [5, 5.41) is 2.84. The molecule has 2 aromatic carbocycles. The molecule has 1 aromatic heterocycles. The fraction of sp³-hybridized carbons (Fsp3) is 0.531. The minimum atomic E-state index is 0.763. The molecule has 1 nitrogen and oxygen atoms in total. The molecule has 0 saturated heterocycles. The van der Waals surface area contributed by atoms with Gasteiger partial charge in [0, 0.05) is 6.07 Å². The van der Waals surface area contributed by atoms with E-state index >= 15 is 0 Å². The maximum absolute atomic E-state index is 2.63. The van der Waals surface area contributed by atoms with Crippen molar-refractivity contribution in [2.45, 2.75) is 102 Å². The van der Waals surface area contributed by atoms with Crippen LogP contribution in [-0.2, 0) is 7.05 Å². The topological polar surface area (TPSA) is 3.88 Å². The number of nitrogens with zero attached hydrogens (tertiary/aromatic N) is 1. The molecule has 0 amide bonds. The third-order valence-electron chi connectivity index (χ3n) is 9.33. The predicted molar refractivity (Wildman–Crippen MR) is 139 cm³/mol. The Morgan fingerprint density at radius 3 is 1.94 bits per heavy atom. The van der Waals surface area contributed by atoms with E-state index in [0.29, 0.717) is 0 Å². The van der Waals surface area contributed by atoms with Crippen LogP contribution < -0.4 is 4.57 Å². The summed E-state index contributed by atoms with van der Waals surface area (Å²) in [5.74, 6) is 2.30. The normalized spacial score (nSPS) is 20.4. The summed E-state index contributed by atoms with van der Waals surface area (Å²) < 4.78 is 2.39. The van der Waals surface area contributed by atoms with Gasteiger partial charge in [0.05, 0.1) is 10.9 Å². The number of aromatic nitrogens is 1. The van der Waals surface area contributed by atoms with Crippen LogP contribution in [0.4, 0.5) is 0 Å². The van der Waals surface area contributed by atoms with E-state index in [9.17, 15) is 0 Å². The Labute approximate surface area is 200 Å². The summed E-state index contributed by atoms with van der Waals surface area (Å²) in [6.07, 6.45) is 18.9. The van der Waals surface area contributed by atoms with Crippen molar-refractivity contribution in [1.82, 2.24) is 0 Å². The van der Waals surface area contributed by atoms with Crippen LogP contribution in [0, 0.1) is 6.92 Å². The maximum atomic E-state index is 2.63. The molecule has 1 heteroatoms. The number of aryl methyl sites for hydroxylation is 1. The predicted octanol–water partition coefficient (Wildman–Crippen LogP) is 8.61. The Bertz CT molecular complexity index is 1150. The van der Waals surface area contributed by atoms with Gasteiger partial charge in [-0.05, 0) is 103 Å². The molecule has 3 aliphatic carbocycles. The van der Waals surface area contributed by atoms with Gasteiger partial charge < -0.3 is 0 Å². The molecule has 0 aliphatic heterocycles. The van der Waals surface area contributed by atoms with E-state index in [1.54, 1.807) is 16.7 Å². The van der Waals surface area contributed by atoms with Gasteiger partial charge in [-0.1, -0.05) is 56.7 Å². The third-order valence-corrected chi connectivity index (χ3v) is 9.33. The van der Waals surface area contributed by atoms with Crippen molar-refractivity contribution in [1.29, 1.82) is 0 Å². The highest BCUT2D eigenvalue weighted by molar-refractivity contribution is 5.94. The van der Waals surface area contributed by atoms with Gasteiger partial charge in [0.1, 0.15) is 7.05 Å². The van der Waals surface area contributed by atoms with Gasteiger partial charge in [-0.3, -0.25) is 0 Å². The smallest absolute Gasteiger partial charge is 0.200 e. The average molecular weight is 439 g/mol. The summed E-state index contributed by atoms with van der Waals surface area (Å²) in [7, 11) is 2.25. The van der Waals surface area contributed by atoms with E-state index in [4.69, 9.17) is 0 Å². The zero-order valence-electron chi connectivity index (χ0n) is 20.7. The van der Waals surface area contributed by atoms with Crippen LogP contribution in [0.5, 0.6) is 0 Å². The highest BCUT2D eigenvalue weighted by Crippen LogP contribution is 2.44. The van der Waals surface area contributed by atoms with Crippen LogP contribution in [0.1, 0.15) is 117 Å². The second kappa shape index (κ2) is 8.90. The van der Waals surface area contributed by atoms with Gasteiger partial charge in [-0.15, -0.1) is 0 Å². The Balaban J connectivity index is 1.52. The summed E-state index contributed by atoms with van der Waals surface area (Å²) in [6.45, 7) is 2.41. The molecule has 172 valence electrons. The molecule has 1 heterocycles. The van der Waals surface area contributed by atoms with Crippen LogP contribution in [-0.4, -0.2) is 0 Å². The first kappa shape index (κ1) is 21.4. The van der Waals surface area contributed by atoms with Gasteiger partial charge in [0.25, 0.3) is 0 Å². The lowest BCUT2D eigenvalue weighted by Crippen LogP contribution is -2.31. The monoisotopic (exact) mass is 438 g/mol. The Morgan fingerprint density at radius 1 is 0.667 bits per heavy atom. The van der Waals surface area contributed by atoms with Crippen molar-refractivity contribution in [2.75, 3.05) is 0 Å². The minimum absolute atomic E-state index is 0.763. The molecular formula is C32H40N+. The van der Waals surface area contributed by atoms with E-state index in [2.05, 4.69) is 61.1 Å². The molecule has 0 unspecified atom stereocenters. The first-order valence-electron chi connectivity index (χ1n) is 13.8. The number of benzene rings is 2. The number of rotatable bonds is 4. The minimum Gasteiger partial charge on any atom is -0.200 e. The largest absolute Gasteiger partial charge is 0.220 e. The third kappa shape index (κ3) is 3.92.